The Hall–Kier alpha value is -2.01. The molecule has 0 atom stereocenters. The van der Waals surface area contributed by atoms with Crippen molar-refractivity contribution in [1.82, 2.24) is 19.6 Å². The van der Waals surface area contributed by atoms with E-state index in [-0.39, 0.29) is 0 Å². The maximum Gasteiger partial charge on any atom is 0.252 e. The van der Waals surface area contributed by atoms with Crippen LogP contribution in [0.5, 0.6) is 0 Å². The first-order valence-electron chi connectivity index (χ1n) is 6.24. The van der Waals surface area contributed by atoms with Crippen LogP contribution in [0.1, 0.15) is 18.2 Å². The Kier molecular flexibility index (Phi) is 2.91. The minimum atomic E-state index is 0.624. The number of aryl methyl sites for hydroxylation is 1. The molecule has 5 heteroatoms. The Morgan fingerprint density at radius 1 is 1.21 bits per heavy atom. The molecule has 0 amide bonds. The Bertz CT molecular complexity index is 786. The predicted octanol–water partition coefficient (Wildman–Crippen LogP) is 3.32. The first-order valence-corrected chi connectivity index (χ1v) is 6.65. The summed E-state index contributed by atoms with van der Waals surface area (Å²) < 4.78 is 2.54. The molecule has 0 spiro atoms. The molecule has 0 radical (unpaired) electrons. The van der Waals surface area contributed by atoms with Crippen molar-refractivity contribution in [2.24, 2.45) is 0 Å². The molecule has 0 fully saturated rings. The second kappa shape index (κ2) is 4.59. The minimum Gasteiger partial charge on any atom is -0.273 e. The van der Waals surface area contributed by atoms with E-state index in [0.29, 0.717) is 5.78 Å². The van der Waals surface area contributed by atoms with Crippen molar-refractivity contribution in [1.29, 1.82) is 0 Å². The summed E-state index contributed by atoms with van der Waals surface area (Å²) >= 11 is 5.50. The van der Waals surface area contributed by atoms with Gasteiger partial charge in [-0.2, -0.15) is 4.98 Å². The molecule has 1 N–H and O–H groups in total. The van der Waals surface area contributed by atoms with Gasteiger partial charge in [-0.25, -0.2) is 9.50 Å². The van der Waals surface area contributed by atoms with Crippen LogP contribution in [0.15, 0.2) is 30.3 Å². The lowest BCUT2D eigenvalue weighted by atomic mass is 10.2. The zero-order valence-corrected chi connectivity index (χ0v) is 11.7. The van der Waals surface area contributed by atoms with Gasteiger partial charge in [0.25, 0.3) is 5.78 Å². The van der Waals surface area contributed by atoms with E-state index >= 15 is 0 Å². The average molecular weight is 270 g/mol. The van der Waals surface area contributed by atoms with Crippen LogP contribution in [0, 0.1) is 11.6 Å². The highest BCUT2D eigenvalue weighted by molar-refractivity contribution is 7.71. The summed E-state index contributed by atoms with van der Waals surface area (Å²) in [4.78, 5) is 9.02. The van der Waals surface area contributed by atoms with Gasteiger partial charge in [0, 0.05) is 16.8 Å². The third-order valence-electron chi connectivity index (χ3n) is 3.20. The molecular formula is C14H14N4S. The maximum atomic E-state index is 5.50. The highest BCUT2D eigenvalue weighted by Gasteiger charge is 2.10. The van der Waals surface area contributed by atoms with Crippen LogP contribution < -0.4 is 0 Å². The smallest absolute Gasteiger partial charge is 0.252 e. The van der Waals surface area contributed by atoms with Crippen molar-refractivity contribution in [2.45, 2.75) is 20.3 Å². The number of benzene rings is 1. The topological polar surface area (TPSA) is 46.0 Å². The van der Waals surface area contributed by atoms with Gasteiger partial charge in [-0.15, -0.1) is 0 Å². The van der Waals surface area contributed by atoms with Crippen molar-refractivity contribution in [3.05, 3.63) is 46.2 Å². The van der Waals surface area contributed by atoms with E-state index in [1.807, 2.05) is 37.3 Å². The van der Waals surface area contributed by atoms with Crippen molar-refractivity contribution in [3.63, 3.8) is 0 Å². The molecule has 4 nitrogen and oxygen atoms in total. The fourth-order valence-electron chi connectivity index (χ4n) is 2.19. The molecule has 3 aromatic rings. The molecule has 96 valence electrons. The monoisotopic (exact) mass is 270 g/mol. The highest BCUT2D eigenvalue weighted by Crippen LogP contribution is 2.17. The third kappa shape index (κ3) is 1.96. The molecule has 0 saturated carbocycles. The van der Waals surface area contributed by atoms with Gasteiger partial charge in [0.2, 0.25) is 0 Å². The molecule has 2 heterocycles. The van der Waals surface area contributed by atoms with Gasteiger partial charge >= 0.3 is 0 Å². The Balaban J connectivity index is 2.28. The summed E-state index contributed by atoms with van der Waals surface area (Å²) in [6, 6.07) is 9.97. The molecule has 19 heavy (non-hydrogen) atoms. The van der Waals surface area contributed by atoms with Gasteiger partial charge in [-0.3, -0.25) is 5.10 Å². The lowest BCUT2D eigenvalue weighted by Gasteiger charge is -2.02. The van der Waals surface area contributed by atoms with E-state index in [4.69, 9.17) is 12.2 Å². The quantitative estimate of drug-likeness (QED) is 0.727. The van der Waals surface area contributed by atoms with Gasteiger partial charge in [0.1, 0.15) is 4.64 Å². The second-order valence-corrected chi connectivity index (χ2v) is 4.79. The van der Waals surface area contributed by atoms with Crippen LogP contribution in [0.3, 0.4) is 0 Å². The fourth-order valence-corrected chi connectivity index (χ4v) is 2.61. The number of hydrogen-bond acceptors (Lipinski definition) is 3. The second-order valence-electron chi connectivity index (χ2n) is 4.41. The van der Waals surface area contributed by atoms with E-state index < -0.39 is 0 Å². The van der Waals surface area contributed by atoms with Crippen molar-refractivity contribution >= 4 is 18.0 Å². The maximum absolute atomic E-state index is 5.50. The van der Waals surface area contributed by atoms with Gasteiger partial charge < -0.3 is 0 Å². The van der Waals surface area contributed by atoms with Crippen LogP contribution in [0.4, 0.5) is 0 Å². The zero-order chi connectivity index (χ0) is 13.4. The molecule has 0 aliphatic carbocycles. The molecule has 0 aliphatic heterocycles. The number of rotatable bonds is 2. The van der Waals surface area contributed by atoms with Crippen molar-refractivity contribution in [2.75, 3.05) is 0 Å². The van der Waals surface area contributed by atoms with Crippen LogP contribution in [-0.2, 0) is 6.42 Å². The molecule has 0 saturated heterocycles. The molecule has 2 aromatic heterocycles. The van der Waals surface area contributed by atoms with E-state index in [9.17, 15) is 0 Å². The summed E-state index contributed by atoms with van der Waals surface area (Å²) in [7, 11) is 0. The normalized spacial score (nSPS) is 11.1. The third-order valence-corrected chi connectivity index (χ3v) is 3.62. The number of hydrogen-bond donors (Lipinski definition) is 1. The Labute approximate surface area is 116 Å². The highest BCUT2D eigenvalue weighted by atomic mass is 32.1. The number of aromatic amines is 1. The van der Waals surface area contributed by atoms with E-state index in [1.165, 1.54) is 0 Å². The lowest BCUT2D eigenvalue weighted by Crippen LogP contribution is -2.01. The van der Waals surface area contributed by atoms with Crippen molar-refractivity contribution in [3.8, 4) is 11.4 Å². The number of aromatic nitrogens is 4. The fraction of sp³-hybridized carbons (Fsp3) is 0.214. The van der Waals surface area contributed by atoms with E-state index in [2.05, 4.69) is 22.0 Å². The summed E-state index contributed by atoms with van der Waals surface area (Å²) in [5, 5.41) is 3.22. The number of nitrogens with zero attached hydrogens (tertiary/aromatic N) is 3. The van der Waals surface area contributed by atoms with Gasteiger partial charge in [0.15, 0.2) is 5.82 Å². The van der Waals surface area contributed by atoms with E-state index in [0.717, 1.165) is 33.7 Å². The van der Waals surface area contributed by atoms with Gasteiger partial charge in [-0.1, -0.05) is 49.5 Å². The molecule has 1 aromatic carbocycles. The summed E-state index contributed by atoms with van der Waals surface area (Å²) in [6.45, 7) is 4.06. The van der Waals surface area contributed by atoms with Crippen molar-refractivity contribution < 1.29 is 0 Å². The Morgan fingerprint density at radius 2 is 1.95 bits per heavy atom. The predicted molar refractivity (Wildman–Crippen MR) is 77.7 cm³/mol. The summed E-state index contributed by atoms with van der Waals surface area (Å²) in [6.07, 6.45) is 0.875. The average Bonchev–Trinajstić information content (AvgIpc) is 2.84. The number of H-pyrrole nitrogens is 1. The molecule has 0 aliphatic rings. The minimum absolute atomic E-state index is 0.624. The molecule has 0 unspecified atom stereocenters. The molecule has 3 rings (SSSR count). The van der Waals surface area contributed by atoms with Crippen LogP contribution in [0.2, 0.25) is 0 Å². The van der Waals surface area contributed by atoms with Crippen LogP contribution in [0.25, 0.3) is 17.2 Å². The van der Waals surface area contributed by atoms with Crippen LogP contribution in [-0.4, -0.2) is 19.6 Å². The lowest BCUT2D eigenvalue weighted by molar-refractivity contribution is 0.880. The SMILES string of the molecule is CCc1c(C)nc2nc(-c3ccccc3)[nH]n2c1=S. The van der Waals surface area contributed by atoms with Gasteiger partial charge in [0.05, 0.1) is 0 Å². The first-order chi connectivity index (χ1) is 9.20. The standard InChI is InChI=1S/C14H14N4S/c1-3-11-9(2)15-14-16-12(17-18(14)13(11)19)10-7-5-4-6-8-10/h4-8H,3H2,1-2H3,(H,15,16,17). The van der Waals surface area contributed by atoms with E-state index in [1.54, 1.807) is 4.52 Å². The summed E-state index contributed by atoms with van der Waals surface area (Å²) in [5.74, 6) is 1.41. The molecule has 0 bridgehead atoms. The number of nitrogens with one attached hydrogen (secondary N) is 1. The largest absolute Gasteiger partial charge is 0.273 e. The number of fused-ring (bicyclic) bond motifs is 1. The zero-order valence-electron chi connectivity index (χ0n) is 10.8. The molecular weight excluding hydrogens is 256 g/mol. The first kappa shape index (κ1) is 12.0. The summed E-state index contributed by atoms with van der Waals surface area (Å²) in [5.41, 5.74) is 3.08. The Morgan fingerprint density at radius 3 is 2.63 bits per heavy atom. The van der Waals surface area contributed by atoms with Crippen LogP contribution >= 0.6 is 12.2 Å². The van der Waals surface area contributed by atoms with Gasteiger partial charge in [-0.05, 0) is 13.3 Å².